The van der Waals surface area contributed by atoms with Gasteiger partial charge in [-0.1, -0.05) is 0 Å². The van der Waals surface area contributed by atoms with Gasteiger partial charge in [-0.25, -0.2) is 4.39 Å². The molecule has 29 heavy (non-hydrogen) atoms. The quantitative estimate of drug-likeness (QED) is 0.727. The molecule has 2 heterocycles. The molecule has 1 amide bonds. The smallest absolute Gasteiger partial charge is 0.307 e. The van der Waals surface area contributed by atoms with Gasteiger partial charge in [0.1, 0.15) is 5.82 Å². The summed E-state index contributed by atoms with van der Waals surface area (Å²) < 4.78 is 15.8. The van der Waals surface area contributed by atoms with Crippen molar-refractivity contribution in [2.45, 2.75) is 31.6 Å². The Morgan fingerprint density at radius 2 is 2.07 bits per heavy atom. The molecule has 1 aliphatic heterocycles. The second-order valence-corrected chi connectivity index (χ2v) is 7.35. The lowest BCUT2D eigenvalue weighted by Crippen LogP contribution is -2.42. The van der Waals surface area contributed by atoms with Crippen molar-refractivity contribution in [3.05, 3.63) is 29.8 Å². The van der Waals surface area contributed by atoms with Gasteiger partial charge in [-0.15, -0.1) is 17.5 Å². The van der Waals surface area contributed by atoms with Crippen LogP contribution in [0.15, 0.2) is 18.2 Å². The number of benzene rings is 1. The molecule has 156 valence electrons. The van der Waals surface area contributed by atoms with E-state index in [-0.39, 0.29) is 30.5 Å². The van der Waals surface area contributed by atoms with E-state index < -0.39 is 17.7 Å². The highest BCUT2D eigenvalue weighted by atomic mass is 35.5. The average Bonchev–Trinajstić information content (AvgIpc) is 3.40. The van der Waals surface area contributed by atoms with Crippen LogP contribution >= 0.6 is 12.4 Å². The first-order valence-electron chi connectivity index (χ1n) is 9.34. The Morgan fingerprint density at radius 3 is 2.79 bits per heavy atom. The number of anilines is 1. The number of rotatable bonds is 6. The Labute approximate surface area is 172 Å². The van der Waals surface area contributed by atoms with Crippen molar-refractivity contribution in [2.24, 2.45) is 5.92 Å². The van der Waals surface area contributed by atoms with Crippen LogP contribution in [-0.2, 0) is 9.59 Å². The predicted octanol–water partition coefficient (Wildman–Crippen LogP) is 1.84. The maximum absolute atomic E-state index is 14.2. The topological polar surface area (TPSA) is 113 Å². The summed E-state index contributed by atoms with van der Waals surface area (Å²) in [6, 6.07) is 4.34. The maximum Gasteiger partial charge on any atom is 0.307 e. The summed E-state index contributed by atoms with van der Waals surface area (Å²) in [6.07, 6.45) is 3.38. The third-order valence-corrected chi connectivity index (χ3v) is 5.13. The molecule has 9 nitrogen and oxygen atoms in total. The van der Waals surface area contributed by atoms with Gasteiger partial charge in [0.05, 0.1) is 23.8 Å². The Morgan fingerprint density at radius 1 is 1.28 bits per heavy atom. The number of carbonyl (C=O) groups excluding carboxylic acids is 1. The molecule has 2 aromatic rings. The van der Waals surface area contributed by atoms with E-state index in [1.165, 1.54) is 12.1 Å². The number of aromatic nitrogens is 4. The predicted molar refractivity (Wildman–Crippen MR) is 104 cm³/mol. The van der Waals surface area contributed by atoms with Gasteiger partial charge in [-0.2, -0.15) is 4.68 Å². The number of carbonyl (C=O) groups is 2. The first kappa shape index (κ1) is 21.1. The standard InChI is InChI=1S/C18H21FN6O3.ClH/c19-14-6-5-13(25-17(11-3-4-11)21-22-23-25)8-15(14)20-16(26)10-24-7-1-2-12(9-24)18(27)28;/h5-6,8,11-12H,1-4,7,9-10H2,(H,20,26)(H,27,28);1H. The van der Waals surface area contributed by atoms with Crippen molar-refractivity contribution in [1.82, 2.24) is 25.1 Å². The molecule has 1 atom stereocenters. The zero-order chi connectivity index (χ0) is 19.7. The van der Waals surface area contributed by atoms with E-state index in [4.69, 9.17) is 5.11 Å². The van der Waals surface area contributed by atoms with Gasteiger partial charge < -0.3 is 10.4 Å². The molecule has 2 N–H and O–H groups in total. The van der Waals surface area contributed by atoms with Gasteiger partial charge in [0.25, 0.3) is 0 Å². The number of carboxylic acids is 1. The van der Waals surface area contributed by atoms with Crippen LogP contribution in [0.2, 0.25) is 0 Å². The number of likely N-dealkylation sites (tertiary alicyclic amines) is 1. The summed E-state index contributed by atoms with van der Waals surface area (Å²) >= 11 is 0. The van der Waals surface area contributed by atoms with E-state index in [1.807, 2.05) is 0 Å². The maximum atomic E-state index is 14.2. The Kier molecular flexibility index (Phi) is 6.43. The van der Waals surface area contributed by atoms with E-state index in [9.17, 15) is 14.0 Å². The van der Waals surface area contributed by atoms with Gasteiger partial charge >= 0.3 is 5.97 Å². The number of hydrogen-bond donors (Lipinski definition) is 2. The van der Waals surface area contributed by atoms with Crippen LogP contribution in [0, 0.1) is 11.7 Å². The van der Waals surface area contributed by atoms with Crippen molar-refractivity contribution in [2.75, 3.05) is 25.0 Å². The molecule has 1 aromatic carbocycles. The highest BCUT2D eigenvalue weighted by Crippen LogP contribution is 2.39. The van der Waals surface area contributed by atoms with Crippen LogP contribution in [0.4, 0.5) is 10.1 Å². The fourth-order valence-electron chi connectivity index (χ4n) is 3.51. The lowest BCUT2D eigenvalue weighted by molar-refractivity contribution is -0.144. The lowest BCUT2D eigenvalue weighted by Gasteiger charge is -2.29. The van der Waals surface area contributed by atoms with E-state index >= 15 is 0 Å². The van der Waals surface area contributed by atoms with Crippen LogP contribution in [0.3, 0.4) is 0 Å². The third kappa shape index (κ3) is 4.88. The van der Waals surface area contributed by atoms with Crippen molar-refractivity contribution >= 4 is 30.0 Å². The zero-order valence-corrected chi connectivity index (χ0v) is 16.4. The minimum atomic E-state index is -0.850. The van der Waals surface area contributed by atoms with Crippen LogP contribution in [0.5, 0.6) is 0 Å². The zero-order valence-electron chi connectivity index (χ0n) is 15.6. The van der Waals surface area contributed by atoms with Crippen molar-refractivity contribution in [3.8, 4) is 5.69 Å². The van der Waals surface area contributed by atoms with Gasteiger partial charge in [0, 0.05) is 12.5 Å². The molecule has 11 heteroatoms. The van der Waals surface area contributed by atoms with E-state index in [1.54, 1.807) is 15.6 Å². The van der Waals surface area contributed by atoms with Crippen LogP contribution in [0.1, 0.15) is 37.4 Å². The number of hydrogen-bond acceptors (Lipinski definition) is 6. The highest BCUT2D eigenvalue weighted by molar-refractivity contribution is 5.92. The SMILES string of the molecule is Cl.O=C(CN1CCCC(C(=O)O)C1)Nc1cc(-n2nnnc2C2CC2)ccc1F. The van der Waals surface area contributed by atoms with Gasteiger partial charge in [-0.05, 0) is 60.9 Å². The summed E-state index contributed by atoms with van der Waals surface area (Å²) in [5.74, 6) is -1.21. The number of nitrogens with one attached hydrogen (secondary N) is 1. The Bertz CT molecular complexity index is 903. The van der Waals surface area contributed by atoms with Gasteiger partial charge in [0.15, 0.2) is 5.82 Å². The molecule has 1 saturated carbocycles. The first-order valence-corrected chi connectivity index (χ1v) is 9.34. The van der Waals surface area contributed by atoms with E-state index in [2.05, 4.69) is 20.8 Å². The molecule has 0 spiro atoms. The van der Waals surface area contributed by atoms with Crippen molar-refractivity contribution in [3.63, 3.8) is 0 Å². The molecular weight excluding hydrogens is 403 g/mol. The van der Waals surface area contributed by atoms with Crippen molar-refractivity contribution < 1.29 is 19.1 Å². The number of halogens is 2. The first-order chi connectivity index (χ1) is 13.5. The Hall–Kier alpha value is -2.59. The van der Waals surface area contributed by atoms with E-state index in [0.717, 1.165) is 25.1 Å². The molecule has 0 bridgehead atoms. The monoisotopic (exact) mass is 424 g/mol. The number of amides is 1. The number of piperidine rings is 1. The van der Waals surface area contributed by atoms with Crippen LogP contribution in [-0.4, -0.2) is 61.7 Å². The molecule has 1 saturated heterocycles. The highest BCUT2D eigenvalue weighted by Gasteiger charge is 2.30. The Balaban J connectivity index is 0.00000240. The summed E-state index contributed by atoms with van der Waals surface area (Å²) in [7, 11) is 0. The number of nitrogens with zero attached hydrogens (tertiary/aromatic N) is 5. The van der Waals surface area contributed by atoms with Crippen LogP contribution < -0.4 is 5.32 Å². The second kappa shape index (κ2) is 8.83. The third-order valence-electron chi connectivity index (χ3n) is 5.13. The molecule has 0 radical (unpaired) electrons. The number of aliphatic carboxylic acids is 1. The average molecular weight is 425 g/mol. The summed E-state index contributed by atoms with van der Waals surface area (Å²) in [5, 5.41) is 23.4. The minimum Gasteiger partial charge on any atom is -0.481 e. The lowest BCUT2D eigenvalue weighted by atomic mass is 9.98. The summed E-state index contributed by atoms with van der Waals surface area (Å²) in [5.41, 5.74) is 0.624. The number of tetrazole rings is 1. The van der Waals surface area contributed by atoms with E-state index in [0.29, 0.717) is 31.1 Å². The molecule has 2 fully saturated rings. The molecule has 4 rings (SSSR count). The molecule has 1 aromatic heterocycles. The van der Waals surface area contributed by atoms with Crippen molar-refractivity contribution in [1.29, 1.82) is 0 Å². The molecule has 2 aliphatic rings. The second-order valence-electron chi connectivity index (χ2n) is 7.35. The molecular formula is C18H22ClFN6O3. The normalized spacial score (nSPS) is 19.4. The number of carboxylic acid groups (broad SMARTS) is 1. The fraction of sp³-hybridized carbons (Fsp3) is 0.500. The summed E-state index contributed by atoms with van der Waals surface area (Å²) in [4.78, 5) is 25.3. The minimum absolute atomic E-state index is 0. The molecule has 1 unspecified atom stereocenters. The van der Waals surface area contributed by atoms with Gasteiger partial charge in [0.2, 0.25) is 5.91 Å². The van der Waals surface area contributed by atoms with Gasteiger partial charge in [-0.3, -0.25) is 14.5 Å². The largest absolute Gasteiger partial charge is 0.481 e. The molecule has 1 aliphatic carbocycles. The fourth-order valence-corrected chi connectivity index (χ4v) is 3.51. The summed E-state index contributed by atoms with van der Waals surface area (Å²) in [6.45, 7) is 0.987. The van der Waals surface area contributed by atoms with Crippen LogP contribution in [0.25, 0.3) is 5.69 Å².